The lowest BCUT2D eigenvalue weighted by atomic mass is 9.68. The fourth-order valence-electron chi connectivity index (χ4n) is 4.56. The maximum Gasteiger partial charge on any atom is 0.430 e. The van der Waals surface area contributed by atoms with Gasteiger partial charge in [-0.15, -0.1) is 0 Å². The molecule has 1 aromatic rings. The van der Waals surface area contributed by atoms with E-state index in [2.05, 4.69) is 18.9 Å². The Labute approximate surface area is 235 Å². The van der Waals surface area contributed by atoms with Crippen LogP contribution in [0.15, 0.2) is 18.2 Å². The molecule has 1 atom stereocenters. The van der Waals surface area contributed by atoms with Crippen LogP contribution in [0.2, 0.25) is 0 Å². The average molecular weight is 639 g/mol. The zero-order valence-electron chi connectivity index (χ0n) is 24.1. The van der Waals surface area contributed by atoms with Crippen LogP contribution in [0.25, 0.3) is 0 Å². The number of ether oxygens (including phenoxy) is 4. The molecule has 0 aliphatic heterocycles. The molecule has 0 aromatic heterocycles. The van der Waals surface area contributed by atoms with Crippen molar-refractivity contribution in [2.75, 3.05) is 27.8 Å². The first kappa shape index (κ1) is 38.2. The Morgan fingerprint density at radius 3 is 1.07 bits per heavy atom. The summed E-state index contributed by atoms with van der Waals surface area (Å²) in [7, 11) is 1.35. The zero-order valence-corrected chi connectivity index (χ0v) is 24.1. The molecule has 0 aliphatic rings. The van der Waals surface area contributed by atoms with Crippen molar-refractivity contribution >= 4 is 0 Å². The Morgan fingerprint density at radius 2 is 0.857 bits per heavy atom. The molecule has 0 bridgehead atoms. The molecule has 42 heavy (non-hydrogen) atoms. The third-order valence-corrected chi connectivity index (χ3v) is 6.42. The molecule has 1 aromatic carbocycles. The first-order chi connectivity index (χ1) is 18.5. The van der Waals surface area contributed by atoms with Crippen LogP contribution in [-0.4, -0.2) is 52.5 Å². The molecule has 0 saturated heterocycles. The fourth-order valence-corrected chi connectivity index (χ4v) is 4.56. The summed E-state index contributed by atoms with van der Waals surface area (Å²) in [5.41, 5.74) is -17.4. The van der Waals surface area contributed by atoms with Crippen molar-refractivity contribution in [3.05, 3.63) is 34.9 Å². The topological polar surface area (TPSA) is 36.9 Å². The van der Waals surface area contributed by atoms with Crippen LogP contribution in [0.4, 0.5) is 52.7 Å². The first-order valence-electron chi connectivity index (χ1n) is 12.2. The van der Waals surface area contributed by atoms with Crippen molar-refractivity contribution in [1.29, 1.82) is 0 Å². The molecule has 0 heterocycles. The van der Waals surface area contributed by atoms with E-state index in [1.165, 1.54) is 20.8 Å². The van der Waals surface area contributed by atoms with Crippen molar-refractivity contribution in [3.63, 3.8) is 0 Å². The van der Waals surface area contributed by atoms with Crippen molar-refractivity contribution in [3.8, 4) is 0 Å². The van der Waals surface area contributed by atoms with E-state index in [0.29, 0.717) is 14.2 Å². The van der Waals surface area contributed by atoms with Crippen LogP contribution in [0, 0.1) is 10.8 Å². The second-order valence-corrected chi connectivity index (χ2v) is 12.0. The molecular weight excluding hydrogens is 604 g/mol. The molecular formula is C26H34F12O4. The van der Waals surface area contributed by atoms with Crippen LogP contribution in [0.5, 0.6) is 0 Å². The van der Waals surface area contributed by atoms with Gasteiger partial charge in [-0.2, -0.15) is 52.7 Å². The second kappa shape index (κ2) is 12.3. The molecule has 246 valence electrons. The van der Waals surface area contributed by atoms with E-state index in [1.807, 2.05) is 0 Å². The number of methoxy groups -OCH3 is 2. The van der Waals surface area contributed by atoms with Crippen molar-refractivity contribution in [2.24, 2.45) is 10.8 Å². The Bertz CT molecular complexity index is 938. The Balaban J connectivity index is 4.62. The Morgan fingerprint density at radius 1 is 0.548 bits per heavy atom. The number of alkyl halides is 12. The molecule has 16 heteroatoms. The maximum absolute atomic E-state index is 14.4. The summed E-state index contributed by atoms with van der Waals surface area (Å²) in [4.78, 5) is 0. The second-order valence-electron chi connectivity index (χ2n) is 12.0. The quantitative estimate of drug-likeness (QED) is 0.189. The fraction of sp³-hybridized carbons (Fsp3) is 0.769. The third-order valence-electron chi connectivity index (χ3n) is 6.42. The summed E-state index contributed by atoms with van der Waals surface area (Å²) < 4.78 is 190. The van der Waals surface area contributed by atoms with Gasteiger partial charge in [0.2, 0.25) is 0 Å². The Hall–Kier alpha value is -1.78. The molecule has 1 rings (SSSR count). The van der Waals surface area contributed by atoms with E-state index in [4.69, 9.17) is 0 Å². The molecule has 0 spiro atoms. The monoisotopic (exact) mass is 638 g/mol. The minimum absolute atomic E-state index is 0.0622. The van der Waals surface area contributed by atoms with Gasteiger partial charge in [0, 0.05) is 25.3 Å². The molecule has 1 unspecified atom stereocenters. The lowest BCUT2D eigenvalue weighted by Crippen LogP contribution is -2.58. The molecule has 4 nitrogen and oxygen atoms in total. The van der Waals surface area contributed by atoms with E-state index < -0.39 is 89.0 Å². The van der Waals surface area contributed by atoms with Crippen LogP contribution in [0.1, 0.15) is 70.6 Å². The standard InChI is InChI=1S/C26H34F12O4/c1-19(2,3)12-18(20(4,5)6)15-9-16(21(23(27,28)29,24(30,31)32)41-13-39-7)11-17(10-15)22(25(33,34)35,26(36,37)38)42-14-40-8/h9-11,18H,12-14H2,1-8H3. The number of benzene rings is 1. The summed E-state index contributed by atoms with van der Waals surface area (Å²) in [5, 5.41) is 0. The van der Waals surface area contributed by atoms with Crippen LogP contribution in [-0.2, 0) is 30.1 Å². The number of rotatable bonds is 10. The van der Waals surface area contributed by atoms with E-state index in [9.17, 15) is 52.7 Å². The van der Waals surface area contributed by atoms with Gasteiger partial charge < -0.3 is 18.9 Å². The summed E-state index contributed by atoms with van der Waals surface area (Å²) >= 11 is 0. The van der Waals surface area contributed by atoms with Gasteiger partial charge >= 0.3 is 24.7 Å². The minimum Gasteiger partial charge on any atom is -0.359 e. The van der Waals surface area contributed by atoms with Gasteiger partial charge in [0.15, 0.2) is 0 Å². The van der Waals surface area contributed by atoms with Gasteiger partial charge in [-0.3, -0.25) is 0 Å². The molecule has 0 fully saturated rings. The zero-order chi connectivity index (χ0) is 33.4. The highest BCUT2D eigenvalue weighted by Crippen LogP contribution is 2.58. The summed E-state index contributed by atoms with van der Waals surface area (Å²) in [5.74, 6) is -1.15. The SMILES string of the molecule is COCOC(c1cc(C(CC(C)(C)C)C(C)(C)C)cc(C(OCOC)(C(F)(F)F)C(F)(F)F)c1)(C(F)(F)F)C(F)(F)F. The minimum atomic E-state index is -6.44. The van der Waals surface area contributed by atoms with Crippen molar-refractivity contribution in [2.45, 2.75) is 89.8 Å². The number of hydrogen-bond donors (Lipinski definition) is 0. The molecule has 0 N–H and O–H groups in total. The van der Waals surface area contributed by atoms with E-state index in [-0.39, 0.29) is 18.6 Å². The predicted octanol–water partition coefficient (Wildman–Crippen LogP) is 9.13. The maximum atomic E-state index is 14.4. The van der Waals surface area contributed by atoms with Crippen LogP contribution < -0.4 is 0 Å². The van der Waals surface area contributed by atoms with E-state index in [1.54, 1.807) is 20.8 Å². The summed E-state index contributed by atoms with van der Waals surface area (Å²) in [6.07, 6.45) is -25.8. The van der Waals surface area contributed by atoms with E-state index >= 15 is 0 Å². The van der Waals surface area contributed by atoms with Gasteiger partial charge in [0.1, 0.15) is 13.6 Å². The lowest BCUT2D eigenvalue weighted by Gasteiger charge is -2.42. The molecule has 0 aliphatic carbocycles. The largest absolute Gasteiger partial charge is 0.430 e. The highest BCUT2D eigenvalue weighted by atomic mass is 19.4. The molecule has 0 radical (unpaired) electrons. The summed E-state index contributed by atoms with van der Waals surface area (Å²) in [6, 6.07) is 0.0544. The van der Waals surface area contributed by atoms with Gasteiger partial charge in [0.05, 0.1) is 0 Å². The van der Waals surface area contributed by atoms with Gasteiger partial charge in [-0.05, 0) is 34.8 Å². The molecule has 0 amide bonds. The third kappa shape index (κ3) is 7.65. The van der Waals surface area contributed by atoms with Gasteiger partial charge in [-0.1, -0.05) is 53.7 Å². The van der Waals surface area contributed by atoms with Gasteiger partial charge in [-0.25, -0.2) is 0 Å². The normalized spacial score (nSPS) is 15.7. The average Bonchev–Trinajstić information content (AvgIpc) is 2.73. The Kier molecular flexibility index (Phi) is 11.2. The van der Waals surface area contributed by atoms with Crippen LogP contribution >= 0.6 is 0 Å². The number of halogens is 12. The molecule has 0 saturated carbocycles. The highest BCUT2D eigenvalue weighted by molar-refractivity contribution is 5.42. The van der Waals surface area contributed by atoms with Crippen molar-refractivity contribution < 1.29 is 71.6 Å². The first-order valence-corrected chi connectivity index (χ1v) is 12.2. The van der Waals surface area contributed by atoms with Crippen LogP contribution in [0.3, 0.4) is 0 Å². The van der Waals surface area contributed by atoms with Gasteiger partial charge in [0.25, 0.3) is 11.2 Å². The van der Waals surface area contributed by atoms with Crippen molar-refractivity contribution in [1.82, 2.24) is 0 Å². The van der Waals surface area contributed by atoms with E-state index in [0.717, 1.165) is 0 Å². The predicted molar refractivity (Wildman–Crippen MR) is 126 cm³/mol. The number of hydrogen-bond acceptors (Lipinski definition) is 4. The summed E-state index contributed by atoms with van der Waals surface area (Å²) in [6.45, 7) is 6.00. The lowest BCUT2D eigenvalue weighted by molar-refractivity contribution is -0.402. The highest BCUT2D eigenvalue weighted by Gasteiger charge is 2.76. The smallest absolute Gasteiger partial charge is 0.359 e.